The molecule has 0 amide bonds. The summed E-state index contributed by atoms with van der Waals surface area (Å²) in [6.07, 6.45) is 1.15. The monoisotopic (exact) mass is 223 g/mol. The fraction of sp³-hybridized carbons (Fsp3) is 0.364. The molecule has 0 saturated heterocycles. The van der Waals surface area contributed by atoms with Crippen LogP contribution in [0.5, 0.6) is 0 Å². The summed E-state index contributed by atoms with van der Waals surface area (Å²) in [5, 5.41) is 8.79. The molecule has 0 aliphatic heterocycles. The van der Waals surface area contributed by atoms with Gasteiger partial charge in [0.2, 0.25) is 0 Å². The number of nitrogens with zero attached hydrogens (tertiary/aromatic N) is 1. The molecular formula is C11H13NO2S. The fourth-order valence-electron chi connectivity index (χ4n) is 1.23. The number of hydrogen-bond acceptors (Lipinski definition) is 3. The molecule has 4 heteroatoms. The van der Waals surface area contributed by atoms with Crippen LogP contribution in [0.3, 0.4) is 0 Å². The van der Waals surface area contributed by atoms with Crippen molar-refractivity contribution in [3.8, 4) is 6.07 Å². The molecule has 15 heavy (non-hydrogen) atoms. The van der Waals surface area contributed by atoms with Crippen LogP contribution in [-0.4, -0.2) is 14.7 Å². The lowest BCUT2D eigenvalue weighted by molar-refractivity contribution is 0.601. The second-order valence-corrected chi connectivity index (χ2v) is 5.85. The van der Waals surface area contributed by atoms with E-state index in [0.717, 1.165) is 11.8 Å². The third-order valence-corrected chi connectivity index (χ3v) is 3.24. The molecule has 0 unspecified atom stereocenters. The van der Waals surface area contributed by atoms with E-state index in [9.17, 15) is 8.42 Å². The maximum atomic E-state index is 11.4. The van der Waals surface area contributed by atoms with Gasteiger partial charge in [0, 0.05) is 6.26 Å². The highest BCUT2D eigenvalue weighted by molar-refractivity contribution is 7.90. The molecule has 0 spiro atoms. The van der Waals surface area contributed by atoms with Gasteiger partial charge in [-0.1, -0.05) is 13.8 Å². The largest absolute Gasteiger partial charge is 0.224 e. The van der Waals surface area contributed by atoms with E-state index < -0.39 is 9.84 Å². The van der Waals surface area contributed by atoms with Crippen LogP contribution in [0.2, 0.25) is 0 Å². The average molecular weight is 223 g/mol. The minimum absolute atomic E-state index is 0.207. The van der Waals surface area contributed by atoms with E-state index >= 15 is 0 Å². The molecule has 0 atom stereocenters. The van der Waals surface area contributed by atoms with Crippen LogP contribution in [0.25, 0.3) is 0 Å². The Hall–Kier alpha value is -1.34. The molecular weight excluding hydrogens is 210 g/mol. The van der Waals surface area contributed by atoms with Crippen molar-refractivity contribution >= 4 is 9.84 Å². The third-order valence-electron chi connectivity index (χ3n) is 2.15. The van der Waals surface area contributed by atoms with Crippen LogP contribution in [0.15, 0.2) is 23.1 Å². The van der Waals surface area contributed by atoms with Crippen molar-refractivity contribution in [2.45, 2.75) is 24.7 Å². The van der Waals surface area contributed by atoms with Gasteiger partial charge in [0.15, 0.2) is 9.84 Å². The summed E-state index contributed by atoms with van der Waals surface area (Å²) in [5.41, 5.74) is 1.26. The van der Waals surface area contributed by atoms with Crippen molar-refractivity contribution < 1.29 is 8.42 Å². The van der Waals surface area contributed by atoms with Crippen LogP contribution in [0.4, 0.5) is 0 Å². The van der Waals surface area contributed by atoms with E-state index in [1.165, 1.54) is 6.07 Å². The molecule has 1 aromatic rings. The summed E-state index contributed by atoms with van der Waals surface area (Å²) in [7, 11) is -3.24. The van der Waals surface area contributed by atoms with E-state index in [2.05, 4.69) is 0 Å². The van der Waals surface area contributed by atoms with Crippen LogP contribution < -0.4 is 0 Å². The maximum absolute atomic E-state index is 11.4. The molecule has 1 aromatic carbocycles. The Morgan fingerprint density at radius 2 is 1.87 bits per heavy atom. The highest BCUT2D eigenvalue weighted by Crippen LogP contribution is 2.20. The molecule has 80 valence electrons. The average Bonchev–Trinajstić information content (AvgIpc) is 2.15. The minimum Gasteiger partial charge on any atom is -0.224 e. The summed E-state index contributed by atoms with van der Waals surface area (Å²) in [4.78, 5) is 0.213. The zero-order valence-electron chi connectivity index (χ0n) is 8.98. The standard InChI is InChI=1S/C11H13NO2S/c1-8(2)10-4-9(7-12)5-11(6-10)15(3,13)14/h4-6,8H,1-3H3. The summed E-state index contributed by atoms with van der Waals surface area (Å²) in [5.74, 6) is 0.207. The molecule has 0 aromatic heterocycles. The summed E-state index contributed by atoms with van der Waals surface area (Å²) < 4.78 is 22.7. The van der Waals surface area contributed by atoms with Gasteiger partial charge in [-0.3, -0.25) is 0 Å². The quantitative estimate of drug-likeness (QED) is 0.771. The first kappa shape index (κ1) is 11.7. The molecule has 0 radical (unpaired) electrons. The van der Waals surface area contributed by atoms with E-state index in [4.69, 9.17) is 5.26 Å². The van der Waals surface area contributed by atoms with Crippen molar-refractivity contribution in [1.82, 2.24) is 0 Å². The molecule has 0 N–H and O–H groups in total. The predicted octanol–water partition coefficient (Wildman–Crippen LogP) is 2.09. The first-order valence-electron chi connectivity index (χ1n) is 4.59. The molecule has 0 bridgehead atoms. The predicted molar refractivity (Wildman–Crippen MR) is 58.4 cm³/mol. The SMILES string of the molecule is CC(C)c1cc(C#N)cc(S(C)(=O)=O)c1. The van der Waals surface area contributed by atoms with E-state index in [1.54, 1.807) is 12.1 Å². The number of hydrogen-bond donors (Lipinski definition) is 0. The molecule has 3 nitrogen and oxygen atoms in total. The van der Waals surface area contributed by atoms with Crippen molar-refractivity contribution in [1.29, 1.82) is 5.26 Å². The summed E-state index contributed by atoms with van der Waals surface area (Å²) in [6, 6.07) is 6.72. The van der Waals surface area contributed by atoms with Gasteiger partial charge in [-0.15, -0.1) is 0 Å². The lowest BCUT2D eigenvalue weighted by Gasteiger charge is -2.08. The van der Waals surface area contributed by atoms with Gasteiger partial charge in [0.25, 0.3) is 0 Å². The smallest absolute Gasteiger partial charge is 0.175 e. The number of rotatable bonds is 2. The van der Waals surface area contributed by atoms with Gasteiger partial charge in [0.05, 0.1) is 16.5 Å². The Balaban J connectivity index is 3.45. The molecule has 0 saturated carbocycles. The maximum Gasteiger partial charge on any atom is 0.175 e. The Labute approximate surface area is 90.3 Å². The summed E-state index contributed by atoms with van der Waals surface area (Å²) >= 11 is 0. The normalized spacial score (nSPS) is 11.4. The van der Waals surface area contributed by atoms with E-state index in [0.29, 0.717) is 5.56 Å². The van der Waals surface area contributed by atoms with Gasteiger partial charge >= 0.3 is 0 Å². The highest BCUT2D eigenvalue weighted by atomic mass is 32.2. The van der Waals surface area contributed by atoms with E-state index in [1.807, 2.05) is 19.9 Å². The molecule has 0 aliphatic carbocycles. The lowest BCUT2D eigenvalue weighted by atomic mass is 10.0. The van der Waals surface area contributed by atoms with E-state index in [-0.39, 0.29) is 10.8 Å². The summed E-state index contributed by atoms with van der Waals surface area (Å²) in [6.45, 7) is 3.92. The zero-order valence-corrected chi connectivity index (χ0v) is 9.80. The number of sulfone groups is 1. The number of benzene rings is 1. The lowest BCUT2D eigenvalue weighted by Crippen LogP contribution is -2.00. The van der Waals surface area contributed by atoms with Crippen LogP contribution in [0.1, 0.15) is 30.9 Å². The number of nitriles is 1. The zero-order chi connectivity index (χ0) is 11.6. The van der Waals surface area contributed by atoms with Gasteiger partial charge in [0.1, 0.15) is 0 Å². The van der Waals surface area contributed by atoms with Gasteiger partial charge in [-0.05, 0) is 29.7 Å². The molecule has 0 fully saturated rings. The third kappa shape index (κ3) is 2.80. The van der Waals surface area contributed by atoms with Crippen molar-refractivity contribution in [3.63, 3.8) is 0 Å². The highest BCUT2D eigenvalue weighted by Gasteiger charge is 2.11. The molecule has 0 heterocycles. The second kappa shape index (κ2) is 4.03. The molecule has 0 aliphatic rings. The Kier molecular flexibility index (Phi) is 3.15. The van der Waals surface area contributed by atoms with Gasteiger partial charge in [-0.2, -0.15) is 5.26 Å². The molecule has 1 rings (SSSR count). The Morgan fingerprint density at radius 1 is 1.27 bits per heavy atom. The topological polar surface area (TPSA) is 57.9 Å². The Bertz CT molecular complexity index is 510. The van der Waals surface area contributed by atoms with Crippen molar-refractivity contribution in [3.05, 3.63) is 29.3 Å². The minimum atomic E-state index is -3.24. The van der Waals surface area contributed by atoms with Gasteiger partial charge < -0.3 is 0 Å². The van der Waals surface area contributed by atoms with Crippen LogP contribution >= 0.6 is 0 Å². The first-order chi connectivity index (χ1) is 6.84. The van der Waals surface area contributed by atoms with Crippen molar-refractivity contribution in [2.75, 3.05) is 6.26 Å². The fourth-order valence-corrected chi connectivity index (χ4v) is 1.93. The van der Waals surface area contributed by atoms with Crippen LogP contribution in [0, 0.1) is 11.3 Å². The van der Waals surface area contributed by atoms with Gasteiger partial charge in [-0.25, -0.2) is 8.42 Å². The van der Waals surface area contributed by atoms with Crippen LogP contribution in [-0.2, 0) is 9.84 Å². The second-order valence-electron chi connectivity index (χ2n) is 3.83. The Morgan fingerprint density at radius 3 is 2.27 bits per heavy atom. The van der Waals surface area contributed by atoms with Crippen molar-refractivity contribution in [2.24, 2.45) is 0 Å². The first-order valence-corrected chi connectivity index (χ1v) is 6.49.